The Kier molecular flexibility index (Phi) is 11.2. The number of carbonyl (C=O) groups is 3. The summed E-state index contributed by atoms with van der Waals surface area (Å²) < 4.78 is 0. The van der Waals surface area contributed by atoms with E-state index in [4.69, 9.17) is 0 Å². The maximum Gasteiger partial charge on any atom is 0.249 e. The molecule has 42 heavy (non-hydrogen) atoms. The van der Waals surface area contributed by atoms with Crippen LogP contribution < -0.4 is 16.0 Å². The lowest BCUT2D eigenvalue weighted by atomic mass is 9.81. The lowest BCUT2D eigenvalue weighted by molar-refractivity contribution is -0.144. The molecule has 1 aliphatic heterocycles. The summed E-state index contributed by atoms with van der Waals surface area (Å²) in [6.07, 6.45) is 4.35. The number of hydrogen-bond acceptors (Lipinski definition) is 5. The van der Waals surface area contributed by atoms with Crippen molar-refractivity contribution in [2.45, 2.75) is 89.4 Å². The highest BCUT2D eigenvalue weighted by Gasteiger charge is 2.53. The third-order valence-electron chi connectivity index (χ3n) is 9.04. The van der Waals surface area contributed by atoms with Gasteiger partial charge in [0.05, 0.1) is 12.1 Å². The van der Waals surface area contributed by atoms with Gasteiger partial charge in [-0.3, -0.25) is 14.4 Å². The number of hydrogen-bond donors (Lipinski definition) is 4. The lowest BCUT2D eigenvalue weighted by Gasteiger charge is -2.36. The second kappa shape index (κ2) is 14.8. The van der Waals surface area contributed by atoms with Gasteiger partial charge in [0.1, 0.15) is 11.6 Å². The molecule has 8 nitrogen and oxygen atoms in total. The Balaban J connectivity index is 1.56. The van der Waals surface area contributed by atoms with Crippen LogP contribution in [0.4, 0.5) is 0 Å². The van der Waals surface area contributed by atoms with Crippen LogP contribution in [0.5, 0.6) is 0 Å². The van der Waals surface area contributed by atoms with E-state index in [1.54, 1.807) is 4.90 Å². The molecule has 0 radical (unpaired) electrons. The topological polar surface area (TPSA) is 111 Å². The summed E-state index contributed by atoms with van der Waals surface area (Å²) in [5.41, 5.74) is 1.08. The third kappa shape index (κ3) is 8.19. The van der Waals surface area contributed by atoms with Gasteiger partial charge in [0, 0.05) is 20.0 Å². The minimum atomic E-state index is -1.03. The van der Waals surface area contributed by atoms with Crippen molar-refractivity contribution in [1.29, 1.82) is 0 Å². The largest absolute Gasteiger partial charge is 0.390 e. The Hall–Kier alpha value is -3.23. The number of benzene rings is 2. The van der Waals surface area contributed by atoms with Gasteiger partial charge < -0.3 is 26.0 Å². The average Bonchev–Trinajstić information content (AvgIpc) is 3.76. The number of amides is 3. The van der Waals surface area contributed by atoms with E-state index >= 15 is 0 Å². The zero-order chi connectivity index (χ0) is 30.1. The van der Waals surface area contributed by atoms with Crippen LogP contribution in [0.15, 0.2) is 60.7 Å². The maximum atomic E-state index is 14.1. The van der Waals surface area contributed by atoms with Crippen molar-refractivity contribution in [1.82, 2.24) is 20.9 Å². The number of aliphatic hydroxyl groups excluding tert-OH is 1. The predicted octanol–water partition coefficient (Wildman–Crippen LogP) is 3.23. The molecule has 2 fully saturated rings. The van der Waals surface area contributed by atoms with E-state index in [2.05, 4.69) is 16.0 Å². The van der Waals surface area contributed by atoms with Crippen molar-refractivity contribution >= 4 is 17.7 Å². The first kappa shape index (κ1) is 31.7. The molecule has 1 heterocycles. The van der Waals surface area contributed by atoms with Gasteiger partial charge >= 0.3 is 0 Å². The minimum Gasteiger partial charge on any atom is -0.390 e. The summed E-state index contributed by atoms with van der Waals surface area (Å²) in [7, 11) is 0. The molecule has 4 N–H and O–H groups in total. The highest BCUT2D eigenvalue weighted by atomic mass is 16.3. The summed E-state index contributed by atoms with van der Waals surface area (Å²) in [6.45, 7) is 7.06. The number of aliphatic hydroxyl groups is 1. The first-order valence-electron chi connectivity index (χ1n) is 15.6. The van der Waals surface area contributed by atoms with Crippen LogP contribution in [0, 0.1) is 11.8 Å². The number of carbonyl (C=O) groups excluding carboxylic acids is 3. The molecule has 0 aromatic heterocycles. The molecule has 0 bridgehead atoms. The summed E-state index contributed by atoms with van der Waals surface area (Å²) >= 11 is 0. The summed E-state index contributed by atoms with van der Waals surface area (Å²) in [5.74, 6) is -0.129. The van der Waals surface area contributed by atoms with Crippen LogP contribution in [0.1, 0.15) is 64.0 Å². The predicted molar refractivity (Wildman–Crippen MR) is 165 cm³/mol. The van der Waals surface area contributed by atoms with Crippen molar-refractivity contribution in [2.24, 2.45) is 11.8 Å². The van der Waals surface area contributed by atoms with Crippen LogP contribution in [0.3, 0.4) is 0 Å². The highest BCUT2D eigenvalue weighted by molar-refractivity contribution is 5.96. The summed E-state index contributed by atoms with van der Waals surface area (Å²) in [5, 5.41) is 20.7. The van der Waals surface area contributed by atoms with Crippen molar-refractivity contribution in [2.75, 3.05) is 19.6 Å². The van der Waals surface area contributed by atoms with Crippen LogP contribution in [-0.4, -0.2) is 71.1 Å². The molecular formula is C34H48N4O4. The maximum absolute atomic E-state index is 14.1. The monoisotopic (exact) mass is 576 g/mol. The van der Waals surface area contributed by atoms with E-state index in [1.807, 2.05) is 74.5 Å². The number of likely N-dealkylation sites (tertiary alicyclic amines) is 1. The van der Waals surface area contributed by atoms with Gasteiger partial charge in [-0.15, -0.1) is 0 Å². The quantitative estimate of drug-likeness (QED) is 0.245. The fourth-order valence-corrected chi connectivity index (χ4v) is 6.12. The van der Waals surface area contributed by atoms with E-state index in [9.17, 15) is 19.5 Å². The van der Waals surface area contributed by atoms with Gasteiger partial charge in [-0.25, -0.2) is 0 Å². The first-order valence-corrected chi connectivity index (χ1v) is 15.6. The molecule has 1 saturated heterocycles. The van der Waals surface area contributed by atoms with Crippen LogP contribution >= 0.6 is 0 Å². The molecule has 8 heteroatoms. The van der Waals surface area contributed by atoms with Crippen LogP contribution in [0.25, 0.3) is 0 Å². The van der Waals surface area contributed by atoms with Gasteiger partial charge in [0.2, 0.25) is 17.7 Å². The molecule has 2 aromatic rings. The van der Waals surface area contributed by atoms with E-state index in [1.165, 1.54) is 19.8 Å². The molecule has 5 atom stereocenters. The standard InChI is InChI=1S/C34H48N4O4/c1-4-24(2)34(37-25(3)39)19-20-38(33(34)42)30(18-17-26-11-7-5-8-12-26)32(41)36-29(21-27-13-9-6-10-14-27)31(40)23-35-22-28-15-16-28/h5-14,24,28-31,35,40H,4,15-23H2,1-3H3,(H,36,41)(H,37,39)/t24-,29+,30+,31-,34+/m1/s1. The van der Waals surface area contributed by atoms with E-state index < -0.39 is 23.7 Å². The average molecular weight is 577 g/mol. The molecule has 228 valence electrons. The molecular weight excluding hydrogens is 528 g/mol. The zero-order valence-corrected chi connectivity index (χ0v) is 25.4. The molecule has 4 rings (SSSR count). The summed E-state index contributed by atoms with van der Waals surface area (Å²) in [6, 6.07) is 18.5. The number of rotatable bonds is 16. The van der Waals surface area contributed by atoms with E-state index in [0.717, 1.165) is 24.1 Å². The zero-order valence-electron chi connectivity index (χ0n) is 25.4. The van der Waals surface area contributed by atoms with Crippen LogP contribution in [-0.2, 0) is 27.2 Å². The Morgan fingerprint density at radius 3 is 2.29 bits per heavy atom. The van der Waals surface area contributed by atoms with E-state index in [-0.39, 0.29) is 23.6 Å². The smallest absolute Gasteiger partial charge is 0.249 e. The lowest BCUT2D eigenvalue weighted by Crippen LogP contribution is -2.60. The van der Waals surface area contributed by atoms with Gasteiger partial charge in [-0.1, -0.05) is 80.9 Å². The number of nitrogens with zero attached hydrogens (tertiary/aromatic N) is 1. The highest BCUT2D eigenvalue weighted by Crippen LogP contribution is 2.34. The third-order valence-corrected chi connectivity index (χ3v) is 9.04. The van der Waals surface area contributed by atoms with Crippen molar-refractivity contribution < 1.29 is 19.5 Å². The molecule has 0 spiro atoms. The molecule has 2 aliphatic rings. The first-order chi connectivity index (χ1) is 20.2. The van der Waals surface area contributed by atoms with Crippen molar-refractivity contribution in [3.05, 3.63) is 71.8 Å². The molecule has 2 aromatic carbocycles. The Bertz CT molecular complexity index is 1170. The van der Waals surface area contributed by atoms with Gasteiger partial charge in [-0.05, 0) is 68.0 Å². The summed E-state index contributed by atoms with van der Waals surface area (Å²) in [4.78, 5) is 42.1. The second-order valence-corrected chi connectivity index (χ2v) is 12.2. The van der Waals surface area contributed by atoms with Gasteiger partial charge in [-0.2, -0.15) is 0 Å². The Labute approximate surface area is 250 Å². The molecule has 1 aliphatic carbocycles. The van der Waals surface area contributed by atoms with Gasteiger partial charge in [0.15, 0.2) is 0 Å². The molecule has 0 unspecified atom stereocenters. The van der Waals surface area contributed by atoms with Gasteiger partial charge in [0.25, 0.3) is 0 Å². The van der Waals surface area contributed by atoms with E-state index in [0.29, 0.717) is 44.7 Å². The van der Waals surface area contributed by atoms with Crippen LogP contribution in [0.2, 0.25) is 0 Å². The number of aryl methyl sites for hydroxylation is 1. The fraction of sp³-hybridized carbons (Fsp3) is 0.559. The Morgan fingerprint density at radius 1 is 1.05 bits per heavy atom. The second-order valence-electron chi connectivity index (χ2n) is 12.2. The number of nitrogens with one attached hydrogen (secondary N) is 3. The normalized spacial score (nSPS) is 21.4. The molecule has 1 saturated carbocycles. The SMILES string of the molecule is CC[C@@H](C)[C@@]1(NC(C)=O)CCN([C@@H](CCc2ccccc2)C(=O)N[C@@H](Cc2ccccc2)[C@H](O)CNCC2CC2)C1=O. The Morgan fingerprint density at radius 2 is 1.69 bits per heavy atom. The fourth-order valence-electron chi connectivity index (χ4n) is 6.12. The van der Waals surface area contributed by atoms with Crippen molar-refractivity contribution in [3.63, 3.8) is 0 Å². The van der Waals surface area contributed by atoms with Crippen molar-refractivity contribution in [3.8, 4) is 0 Å². The molecule has 3 amide bonds. The minimum absolute atomic E-state index is 0.0815.